The topological polar surface area (TPSA) is 20.2 Å². The van der Waals surface area contributed by atoms with E-state index in [0.717, 1.165) is 11.5 Å². The van der Waals surface area contributed by atoms with Crippen molar-refractivity contribution < 1.29 is 5.11 Å². The van der Waals surface area contributed by atoms with Crippen LogP contribution in [-0.4, -0.2) is 5.11 Å². The Morgan fingerprint density at radius 3 is 2.50 bits per heavy atom. The molecular weight excluding hydrogens is 220 g/mol. The second-order valence-electron chi connectivity index (χ2n) is 6.56. The Bertz CT molecular complexity index is 413. The zero-order valence-corrected chi connectivity index (χ0v) is 11.4. The van der Waals surface area contributed by atoms with Crippen molar-refractivity contribution in [2.24, 2.45) is 5.41 Å². The van der Waals surface area contributed by atoms with E-state index in [1.54, 1.807) is 0 Å². The molecule has 0 saturated heterocycles. The Labute approximate surface area is 110 Å². The van der Waals surface area contributed by atoms with Gasteiger partial charge in [-0.25, -0.2) is 0 Å². The molecule has 1 nitrogen and oxygen atoms in total. The van der Waals surface area contributed by atoms with Crippen LogP contribution in [0.1, 0.15) is 75.0 Å². The smallest absolute Gasteiger partial charge is 0.0843 e. The SMILES string of the molecule is CC1(C(O)c2cccc(C3CCC3)c2)CCCC1. The van der Waals surface area contributed by atoms with Crippen molar-refractivity contribution in [3.8, 4) is 0 Å². The molecule has 98 valence electrons. The van der Waals surface area contributed by atoms with Crippen molar-refractivity contribution in [2.75, 3.05) is 0 Å². The van der Waals surface area contributed by atoms with Crippen LogP contribution in [0.4, 0.5) is 0 Å². The van der Waals surface area contributed by atoms with Gasteiger partial charge in [-0.15, -0.1) is 0 Å². The van der Waals surface area contributed by atoms with Crippen LogP contribution in [0.2, 0.25) is 0 Å². The lowest BCUT2D eigenvalue weighted by atomic mass is 9.76. The molecule has 0 spiro atoms. The summed E-state index contributed by atoms with van der Waals surface area (Å²) in [4.78, 5) is 0. The summed E-state index contributed by atoms with van der Waals surface area (Å²) in [6.45, 7) is 2.25. The summed E-state index contributed by atoms with van der Waals surface area (Å²) in [6.07, 6.45) is 8.64. The molecule has 0 amide bonds. The highest BCUT2D eigenvalue weighted by Gasteiger charge is 2.37. The molecule has 1 N–H and O–H groups in total. The number of aliphatic hydroxyl groups excluding tert-OH is 1. The Balaban J connectivity index is 1.82. The summed E-state index contributed by atoms with van der Waals surface area (Å²) < 4.78 is 0. The molecule has 2 aliphatic rings. The third-order valence-electron chi connectivity index (χ3n) is 5.21. The Morgan fingerprint density at radius 2 is 1.89 bits per heavy atom. The fourth-order valence-electron chi connectivity index (χ4n) is 3.58. The maximum atomic E-state index is 10.7. The van der Waals surface area contributed by atoms with E-state index in [9.17, 15) is 5.11 Å². The van der Waals surface area contributed by atoms with Gasteiger partial charge in [-0.2, -0.15) is 0 Å². The molecule has 3 rings (SSSR count). The molecule has 0 aromatic heterocycles. The van der Waals surface area contributed by atoms with E-state index in [2.05, 4.69) is 31.2 Å². The summed E-state index contributed by atoms with van der Waals surface area (Å²) in [5.74, 6) is 0.758. The quantitative estimate of drug-likeness (QED) is 0.826. The van der Waals surface area contributed by atoms with Gasteiger partial charge in [0.05, 0.1) is 6.10 Å². The summed E-state index contributed by atoms with van der Waals surface area (Å²) in [5, 5.41) is 10.7. The van der Waals surface area contributed by atoms with Crippen LogP contribution in [0.15, 0.2) is 24.3 Å². The Hall–Kier alpha value is -0.820. The van der Waals surface area contributed by atoms with Crippen molar-refractivity contribution in [2.45, 2.75) is 63.9 Å². The number of hydrogen-bond acceptors (Lipinski definition) is 1. The van der Waals surface area contributed by atoms with Crippen LogP contribution in [-0.2, 0) is 0 Å². The lowest BCUT2D eigenvalue weighted by Gasteiger charge is -2.32. The molecule has 1 heteroatoms. The standard InChI is InChI=1S/C17H24O/c1-17(10-2-3-11-17)16(18)15-9-5-8-14(12-15)13-6-4-7-13/h5,8-9,12-13,16,18H,2-4,6-7,10-11H2,1H3. The fourth-order valence-corrected chi connectivity index (χ4v) is 3.58. The van der Waals surface area contributed by atoms with Gasteiger partial charge in [0, 0.05) is 0 Å². The Morgan fingerprint density at radius 1 is 1.17 bits per heavy atom. The molecular formula is C17H24O. The first-order chi connectivity index (χ1) is 8.69. The zero-order valence-electron chi connectivity index (χ0n) is 11.4. The van der Waals surface area contributed by atoms with Crippen molar-refractivity contribution in [3.63, 3.8) is 0 Å². The van der Waals surface area contributed by atoms with Crippen molar-refractivity contribution in [3.05, 3.63) is 35.4 Å². The molecule has 2 aliphatic carbocycles. The van der Waals surface area contributed by atoms with Crippen molar-refractivity contribution in [1.29, 1.82) is 0 Å². The number of hydrogen-bond donors (Lipinski definition) is 1. The minimum absolute atomic E-state index is 0.109. The monoisotopic (exact) mass is 244 g/mol. The van der Waals surface area contributed by atoms with E-state index in [0.29, 0.717) is 0 Å². The van der Waals surface area contributed by atoms with Crippen LogP contribution in [0.3, 0.4) is 0 Å². The molecule has 0 heterocycles. The minimum atomic E-state index is -0.278. The predicted molar refractivity (Wildman–Crippen MR) is 74.6 cm³/mol. The maximum Gasteiger partial charge on any atom is 0.0843 e. The molecule has 0 aliphatic heterocycles. The average Bonchev–Trinajstić information content (AvgIpc) is 2.75. The number of aliphatic hydroxyl groups is 1. The third kappa shape index (κ3) is 2.09. The van der Waals surface area contributed by atoms with Crippen LogP contribution in [0.25, 0.3) is 0 Å². The van der Waals surface area contributed by atoms with Gasteiger partial charge in [0.1, 0.15) is 0 Å². The predicted octanol–water partition coefficient (Wildman–Crippen LogP) is 4.57. The molecule has 2 fully saturated rings. The summed E-state index contributed by atoms with van der Waals surface area (Å²) in [7, 11) is 0. The van der Waals surface area contributed by atoms with E-state index >= 15 is 0 Å². The van der Waals surface area contributed by atoms with Crippen LogP contribution in [0.5, 0.6) is 0 Å². The van der Waals surface area contributed by atoms with Crippen LogP contribution < -0.4 is 0 Å². The summed E-state index contributed by atoms with van der Waals surface area (Å²) >= 11 is 0. The molecule has 0 bridgehead atoms. The van der Waals surface area contributed by atoms with E-state index in [-0.39, 0.29) is 11.5 Å². The molecule has 1 atom stereocenters. The van der Waals surface area contributed by atoms with E-state index in [1.165, 1.54) is 50.5 Å². The molecule has 0 radical (unpaired) electrons. The average molecular weight is 244 g/mol. The van der Waals surface area contributed by atoms with E-state index < -0.39 is 0 Å². The molecule has 1 aromatic carbocycles. The number of rotatable bonds is 3. The normalized spacial score (nSPS) is 24.8. The largest absolute Gasteiger partial charge is 0.388 e. The van der Waals surface area contributed by atoms with Gasteiger partial charge < -0.3 is 5.11 Å². The van der Waals surface area contributed by atoms with Gasteiger partial charge >= 0.3 is 0 Å². The Kier molecular flexibility index (Phi) is 3.19. The second kappa shape index (κ2) is 4.70. The van der Waals surface area contributed by atoms with Gasteiger partial charge in [-0.3, -0.25) is 0 Å². The molecule has 2 saturated carbocycles. The highest BCUT2D eigenvalue weighted by molar-refractivity contribution is 5.30. The van der Waals surface area contributed by atoms with E-state index in [4.69, 9.17) is 0 Å². The van der Waals surface area contributed by atoms with Gasteiger partial charge in [-0.05, 0) is 48.1 Å². The van der Waals surface area contributed by atoms with Gasteiger partial charge in [0.2, 0.25) is 0 Å². The van der Waals surface area contributed by atoms with Gasteiger partial charge in [0.15, 0.2) is 0 Å². The number of benzene rings is 1. The second-order valence-corrected chi connectivity index (χ2v) is 6.56. The summed E-state index contributed by atoms with van der Waals surface area (Å²) in [5.41, 5.74) is 2.70. The van der Waals surface area contributed by atoms with Crippen molar-refractivity contribution >= 4 is 0 Å². The maximum absolute atomic E-state index is 10.7. The van der Waals surface area contributed by atoms with Crippen LogP contribution >= 0.6 is 0 Å². The highest BCUT2D eigenvalue weighted by Crippen LogP contribution is 2.47. The van der Waals surface area contributed by atoms with Gasteiger partial charge in [0.25, 0.3) is 0 Å². The lowest BCUT2D eigenvalue weighted by Crippen LogP contribution is -2.22. The molecule has 1 unspecified atom stereocenters. The van der Waals surface area contributed by atoms with E-state index in [1.807, 2.05) is 0 Å². The fraction of sp³-hybridized carbons (Fsp3) is 0.647. The highest BCUT2D eigenvalue weighted by atomic mass is 16.3. The van der Waals surface area contributed by atoms with Gasteiger partial charge in [-0.1, -0.05) is 50.5 Å². The molecule has 18 heavy (non-hydrogen) atoms. The third-order valence-corrected chi connectivity index (χ3v) is 5.21. The van der Waals surface area contributed by atoms with Crippen LogP contribution in [0, 0.1) is 5.41 Å². The first kappa shape index (κ1) is 12.2. The minimum Gasteiger partial charge on any atom is -0.388 e. The summed E-state index contributed by atoms with van der Waals surface area (Å²) in [6, 6.07) is 8.73. The van der Waals surface area contributed by atoms with Crippen molar-refractivity contribution in [1.82, 2.24) is 0 Å². The zero-order chi connectivity index (χ0) is 12.6. The first-order valence-electron chi connectivity index (χ1n) is 7.47. The lowest BCUT2D eigenvalue weighted by molar-refractivity contribution is 0.0407. The molecule has 1 aromatic rings. The first-order valence-corrected chi connectivity index (χ1v) is 7.47.